The third kappa shape index (κ3) is 3.08. The number of ether oxygens (including phenoxy) is 1. The number of aromatic hydroxyl groups is 1. The highest BCUT2D eigenvalue weighted by Gasteiger charge is 2.15. The summed E-state index contributed by atoms with van der Waals surface area (Å²) in [6.07, 6.45) is 0.733. The molecule has 20 heavy (non-hydrogen) atoms. The minimum absolute atomic E-state index is 0.00618. The number of hydrogen-bond acceptors (Lipinski definition) is 3. The number of carbonyl (C=O) groups is 1. The van der Waals surface area contributed by atoms with E-state index in [0.717, 1.165) is 11.8 Å². The molecule has 0 heterocycles. The first kappa shape index (κ1) is 14.3. The van der Waals surface area contributed by atoms with Crippen LogP contribution in [0.2, 0.25) is 0 Å². The molecule has 4 heteroatoms. The van der Waals surface area contributed by atoms with E-state index in [2.05, 4.69) is 5.32 Å². The molecule has 0 bridgehead atoms. The van der Waals surface area contributed by atoms with Crippen LogP contribution in [0.25, 0.3) is 10.8 Å². The number of benzene rings is 2. The van der Waals surface area contributed by atoms with Gasteiger partial charge in [-0.05, 0) is 24.8 Å². The number of phenolic OH excluding ortho intramolecular Hbond substituents is 1. The van der Waals surface area contributed by atoms with E-state index >= 15 is 0 Å². The Morgan fingerprint density at radius 2 is 2.05 bits per heavy atom. The van der Waals surface area contributed by atoms with Crippen molar-refractivity contribution >= 4 is 16.7 Å². The summed E-state index contributed by atoms with van der Waals surface area (Å²) in [7, 11) is 1.63. The molecule has 2 N–H and O–H groups in total. The summed E-state index contributed by atoms with van der Waals surface area (Å²) in [4.78, 5) is 12.2. The summed E-state index contributed by atoms with van der Waals surface area (Å²) < 4.78 is 4.98. The van der Waals surface area contributed by atoms with Gasteiger partial charge in [0.05, 0.1) is 5.56 Å². The number of fused-ring (bicyclic) bond motifs is 1. The van der Waals surface area contributed by atoms with Gasteiger partial charge in [-0.3, -0.25) is 4.79 Å². The van der Waals surface area contributed by atoms with Gasteiger partial charge in [-0.2, -0.15) is 0 Å². The molecule has 0 fully saturated rings. The normalized spacial score (nSPS) is 12.3. The SMILES string of the molecule is COCCC(C)NC(=O)c1ccc2ccccc2c1O. The van der Waals surface area contributed by atoms with Gasteiger partial charge in [0.2, 0.25) is 0 Å². The molecule has 1 unspecified atom stereocenters. The van der Waals surface area contributed by atoms with Crippen LogP contribution in [0.4, 0.5) is 0 Å². The van der Waals surface area contributed by atoms with Crippen LogP contribution in [0.3, 0.4) is 0 Å². The topological polar surface area (TPSA) is 58.6 Å². The quantitative estimate of drug-likeness (QED) is 0.880. The zero-order valence-corrected chi connectivity index (χ0v) is 11.7. The van der Waals surface area contributed by atoms with E-state index in [1.54, 1.807) is 19.2 Å². The molecule has 2 aromatic rings. The maximum absolute atomic E-state index is 12.2. The minimum Gasteiger partial charge on any atom is -0.506 e. The van der Waals surface area contributed by atoms with Crippen molar-refractivity contribution in [2.45, 2.75) is 19.4 Å². The Kier molecular flexibility index (Phi) is 4.58. The molecule has 0 saturated heterocycles. The summed E-state index contributed by atoms with van der Waals surface area (Å²) in [5.41, 5.74) is 0.299. The number of hydrogen-bond donors (Lipinski definition) is 2. The molecule has 0 saturated carbocycles. The van der Waals surface area contributed by atoms with Gasteiger partial charge in [0.1, 0.15) is 5.75 Å². The Morgan fingerprint density at radius 3 is 2.80 bits per heavy atom. The predicted octanol–water partition coefficient (Wildman–Crippen LogP) is 2.70. The standard InChI is InChI=1S/C16H19NO3/c1-11(9-10-20-2)17-16(19)14-8-7-12-5-3-4-6-13(12)15(14)18/h3-8,11,18H,9-10H2,1-2H3,(H,17,19). The third-order valence-corrected chi connectivity index (χ3v) is 3.28. The van der Waals surface area contributed by atoms with Crippen molar-refractivity contribution < 1.29 is 14.6 Å². The highest BCUT2D eigenvalue weighted by Crippen LogP contribution is 2.28. The lowest BCUT2D eigenvalue weighted by Gasteiger charge is -2.14. The fourth-order valence-corrected chi connectivity index (χ4v) is 2.11. The van der Waals surface area contributed by atoms with Crippen molar-refractivity contribution in [2.75, 3.05) is 13.7 Å². The summed E-state index contributed by atoms with van der Waals surface area (Å²) in [5, 5.41) is 14.7. The molecular weight excluding hydrogens is 254 g/mol. The summed E-state index contributed by atoms with van der Waals surface area (Å²) in [6, 6.07) is 10.9. The Balaban J connectivity index is 2.20. The maximum Gasteiger partial charge on any atom is 0.255 e. The Bertz CT molecular complexity index is 610. The fraction of sp³-hybridized carbons (Fsp3) is 0.312. The molecule has 0 aliphatic heterocycles. The van der Waals surface area contributed by atoms with E-state index in [9.17, 15) is 9.90 Å². The van der Waals surface area contributed by atoms with E-state index in [1.165, 1.54) is 0 Å². The molecular formula is C16H19NO3. The smallest absolute Gasteiger partial charge is 0.255 e. The van der Waals surface area contributed by atoms with Gasteiger partial charge >= 0.3 is 0 Å². The monoisotopic (exact) mass is 273 g/mol. The van der Waals surface area contributed by atoms with Crippen LogP contribution in [0.15, 0.2) is 36.4 Å². The van der Waals surface area contributed by atoms with Crippen LogP contribution in [0.5, 0.6) is 5.75 Å². The molecule has 1 amide bonds. The average molecular weight is 273 g/mol. The van der Waals surface area contributed by atoms with Gasteiger partial charge in [-0.1, -0.05) is 30.3 Å². The summed E-state index contributed by atoms with van der Waals surface area (Å²) >= 11 is 0. The summed E-state index contributed by atoms with van der Waals surface area (Å²) in [6.45, 7) is 2.50. The molecule has 1 atom stereocenters. The van der Waals surface area contributed by atoms with E-state index < -0.39 is 0 Å². The van der Waals surface area contributed by atoms with Gasteiger partial charge in [-0.25, -0.2) is 0 Å². The van der Waals surface area contributed by atoms with Gasteiger partial charge in [-0.15, -0.1) is 0 Å². The third-order valence-electron chi connectivity index (χ3n) is 3.28. The van der Waals surface area contributed by atoms with Crippen LogP contribution >= 0.6 is 0 Å². The van der Waals surface area contributed by atoms with Crippen LogP contribution in [0, 0.1) is 0 Å². The highest BCUT2D eigenvalue weighted by molar-refractivity contribution is 6.03. The molecule has 0 spiro atoms. The van der Waals surface area contributed by atoms with E-state index in [0.29, 0.717) is 17.6 Å². The number of rotatable bonds is 5. The van der Waals surface area contributed by atoms with Crippen LogP contribution in [0.1, 0.15) is 23.7 Å². The second-order valence-electron chi connectivity index (χ2n) is 4.84. The second kappa shape index (κ2) is 6.39. The Labute approximate surface area is 118 Å². The molecule has 0 aromatic heterocycles. The molecule has 106 valence electrons. The number of carbonyl (C=O) groups excluding carboxylic acids is 1. The molecule has 2 rings (SSSR count). The molecule has 2 aromatic carbocycles. The van der Waals surface area contributed by atoms with Crippen molar-refractivity contribution in [1.82, 2.24) is 5.32 Å². The number of phenols is 1. The molecule has 0 aliphatic carbocycles. The fourth-order valence-electron chi connectivity index (χ4n) is 2.11. The Morgan fingerprint density at radius 1 is 1.30 bits per heavy atom. The number of methoxy groups -OCH3 is 1. The molecule has 4 nitrogen and oxygen atoms in total. The first-order valence-electron chi connectivity index (χ1n) is 6.64. The average Bonchev–Trinajstić information content (AvgIpc) is 2.45. The predicted molar refractivity (Wildman–Crippen MR) is 79.0 cm³/mol. The van der Waals surface area contributed by atoms with Gasteiger partial charge in [0.15, 0.2) is 0 Å². The van der Waals surface area contributed by atoms with Gasteiger partial charge in [0.25, 0.3) is 5.91 Å². The van der Waals surface area contributed by atoms with Crippen molar-refractivity contribution in [3.63, 3.8) is 0 Å². The lowest BCUT2D eigenvalue weighted by Crippen LogP contribution is -2.33. The zero-order valence-electron chi connectivity index (χ0n) is 11.7. The molecule has 0 radical (unpaired) electrons. The Hall–Kier alpha value is -2.07. The minimum atomic E-state index is -0.267. The first-order valence-corrected chi connectivity index (χ1v) is 6.64. The van der Waals surface area contributed by atoms with Crippen LogP contribution in [-0.2, 0) is 4.74 Å². The lowest BCUT2D eigenvalue weighted by molar-refractivity contribution is 0.0927. The van der Waals surface area contributed by atoms with Crippen molar-refractivity contribution in [3.8, 4) is 5.75 Å². The highest BCUT2D eigenvalue weighted by atomic mass is 16.5. The van der Waals surface area contributed by atoms with Crippen molar-refractivity contribution in [3.05, 3.63) is 42.0 Å². The number of amides is 1. The van der Waals surface area contributed by atoms with E-state index in [-0.39, 0.29) is 17.7 Å². The zero-order chi connectivity index (χ0) is 14.5. The van der Waals surface area contributed by atoms with Crippen molar-refractivity contribution in [2.24, 2.45) is 0 Å². The van der Waals surface area contributed by atoms with Crippen LogP contribution in [-0.4, -0.2) is 30.8 Å². The first-order chi connectivity index (χ1) is 9.63. The number of nitrogens with one attached hydrogen (secondary N) is 1. The van der Waals surface area contributed by atoms with Gasteiger partial charge < -0.3 is 15.2 Å². The lowest BCUT2D eigenvalue weighted by atomic mass is 10.0. The van der Waals surface area contributed by atoms with E-state index in [4.69, 9.17) is 4.74 Å². The van der Waals surface area contributed by atoms with E-state index in [1.807, 2.05) is 31.2 Å². The molecule has 0 aliphatic rings. The van der Waals surface area contributed by atoms with Crippen molar-refractivity contribution in [1.29, 1.82) is 0 Å². The maximum atomic E-state index is 12.2. The second-order valence-corrected chi connectivity index (χ2v) is 4.84. The van der Waals surface area contributed by atoms with Crippen LogP contribution < -0.4 is 5.32 Å². The largest absolute Gasteiger partial charge is 0.506 e. The summed E-state index contributed by atoms with van der Waals surface area (Å²) in [5.74, 6) is -0.239. The van der Waals surface area contributed by atoms with Gasteiger partial charge in [0, 0.05) is 25.1 Å².